The third kappa shape index (κ3) is 2.94. The zero-order valence-corrected chi connectivity index (χ0v) is 12.9. The molecular weight excluding hydrogens is 286 g/mol. The fourth-order valence-corrected chi connectivity index (χ4v) is 2.96. The van der Waals surface area contributed by atoms with Crippen LogP contribution < -0.4 is 21.8 Å². The van der Waals surface area contributed by atoms with Crippen LogP contribution in [-0.4, -0.2) is 24.3 Å². The van der Waals surface area contributed by atoms with Crippen LogP contribution in [0.2, 0.25) is 0 Å². The second kappa shape index (κ2) is 6.04. The standard InChI is InChI=1S/C18H21N5/c19-17(15-7-11-21-12-8-15)23-18(22-23)16-3-1-13(2-4-16)14-5-9-20-10-6-14/h1-9,11,17-18,20-22H,10,12,19H2. The molecule has 5 heteroatoms. The van der Waals surface area contributed by atoms with Gasteiger partial charge in [-0.25, -0.2) is 5.43 Å². The van der Waals surface area contributed by atoms with E-state index in [1.165, 1.54) is 16.7 Å². The SMILES string of the molecule is NC(C1=CCNC=C1)N1NC1c1ccc(C2=CCNC=C2)cc1. The number of nitrogens with zero attached hydrogens (tertiary/aromatic N) is 1. The van der Waals surface area contributed by atoms with Crippen molar-refractivity contribution in [1.82, 2.24) is 21.1 Å². The van der Waals surface area contributed by atoms with E-state index in [0.29, 0.717) is 0 Å². The van der Waals surface area contributed by atoms with Crippen molar-refractivity contribution in [3.8, 4) is 0 Å². The summed E-state index contributed by atoms with van der Waals surface area (Å²) in [6.45, 7) is 1.72. The minimum Gasteiger partial charge on any atom is -0.387 e. The van der Waals surface area contributed by atoms with Gasteiger partial charge in [-0.1, -0.05) is 36.4 Å². The van der Waals surface area contributed by atoms with Crippen molar-refractivity contribution in [2.75, 3.05) is 13.1 Å². The molecule has 0 radical (unpaired) electrons. The molecule has 3 atom stereocenters. The molecule has 1 aromatic rings. The van der Waals surface area contributed by atoms with E-state index in [9.17, 15) is 0 Å². The van der Waals surface area contributed by atoms with E-state index >= 15 is 0 Å². The fourth-order valence-electron chi connectivity index (χ4n) is 2.96. The van der Waals surface area contributed by atoms with E-state index in [1.807, 2.05) is 18.5 Å². The highest BCUT2D eigenvalue weighted by atomic mass is 15.8. The van der Waals surface area contributed by atoms with E-state index in [2.05, 4.69) is 63.6 Å². The summed E-state index contributed by atoms with van der Waals surface area (Å²) in [5.74, 6) is 0. The largest absolute Gasteiger partial charge is 0.387 e. The van der Waals surface area contributed by atoms with Crippen LogP contribution in [0, 0.1) is 0 Å². The first kappa shape index (κ1) is 14.3. The van der Waals surface area contributed by atoms with Gasteiger partial charge in [0, 0.05) is 13.1 Å². The number of benzene rings is 1. The van der Waals surface area contributed by atoms with Crippen molar-refractivity contribution < 1.29 is 0 Å². The summed E-state index contributed by atoms with van der Waals surface area (Å²) in [6, 6.07) is 8.68. The topological polar surface area (TPSA) is 75.0 Å². The molecule has 1 fully saturated rings. The second-order valence-electron chi connectivity index (χ2n) is 5.85. The molecule has 0 bridgehead atoms. The predicted molar refractivity (Wildman–Crippen MR) is 92.5 cm³/mol. The average molecular weight is 307 g/mol. The Morgan fingerprint density at radius 1 is 1.00 bits per heavy atom. The number of nitrogens with one attached hydrogen (secondary N) is 3. The molecule has 5 nitrogen and oxygen atoms in total. The van der Waals surface area contributed by atoms with Gasteiger partial charge in [0.15, 0.2) is 0 Å². The lowest BCUT2D eigenvalue weighted by Crippen LogP contribution is -2.34. The number of hydrogen-bond donors (Lipinski definition) is 4. The van der Waals surface area contributed by atoms with Crippen LogP contribution in [0.4, 0.5) is 0 Å². The monoisotopic (exact) mass is 307 g/mol. The Balaban J connectivity index is 1.44. The molecule has 4 rings (SSSR count). The number of hydrogen-bond acceptors (Lipinski definition) is 5. The molecule has 1 saturated heterocycles. The lowest BCUT2D eigenvalue weighted by atomic mass is 10.0. The Morgan fingerprint density at radius 2 is 1.74 bits per heavy atom. The highest BCUT2D eigenvalue weighted by Gasteiger charge is 2.40. The smallest absolute Gasteiger partial charge is 0.114 e. The van der Waals surface area contributed by atoms with Crippen LogP contribution in [0.15, 0.2) is 66.5 Å². The number of nitrogens with two attached hydrogens (primary N) is 1. The van der Waals surface area contributed by atoms with Crippen molar-refractivity contribution in [2.45, 2.75) is 12.3 Å². The number of rotatable bonds is 4. The molecule has 0 saturated carbocycles. The van der Waals surface area contributed by atoms with Gasteiger partial charge >= 0.3 is 0 Å². The van der Waals surface area contributed by atoms with E-state index in [1.54, 1.807) is 0 Å². The number of dihydropyridines is 2. The van der Waals surface area contributed by atoms with Gasteiger partial charge in [-0.2, -0.15) is 5.01 Å². The van der Waals surface area contributed by atoms with Gasteiger partial charge in [-0.15, -0.1) is 0 Å². The van der Waals surface area contributed by atoms with Gasteiger partial charge < -0.3 is 16.4 Å². The van der Waals surface area contributed by atoms with Gasteiger partial charge in [0.25, 0.3) is 0 Å². The number of hydrazine groups is 1. The lowest BCUT2D eigenvalue weighted by molar-refractivity contribution is 0.405. The summed E-state index contributed by atoms with van der Waals surface area (Å²) >= 11 is 0. The van der Waals surface area contributed by atoms with Gasteiger partial charge in [-0.05, 0) is 46.8 Å². The van der Waals surface area contributed by atoms with Gasteiger partial charge in [-0.3, -0.25) is 0 Å². The quantitative estimate of drug-likeness (QED) is 0.632. The first-order valence-electron chi connectivity index (χ1n) is 7.93. The Kier molecular flexibility index (Phi) is 3.75. The van der Waals surface area contributed by atoms with Crippen LogP contribution in [0.5, 0.6) is 0 Å². The fraction of sp³-hybridized carbons (Fsp3) is 0.222. The van der Waals surface area contributed by atoms with Crippen LogP contribution >= 0.6 is 0 Å². The third-order valence-electron chi connectivity index (χ3n) is 4.35. The maximum atomic E-state index is 6.32. The molecule has 3 unspecified atom stereocenters. The molecule has 3 heterocycles. The Labute approximate surface area is 136 Å². The van der Waals surface area contributed by atoms with Gasteiger partial charge in [0.1, 0.15) is 6.17 Å². The summed E-state index contributed by atoms with van der Waals surface area (Å²) in [7, 11) is 0. The van der Waals surface area contributed by atoms with Crippen LogP contribution in [0.25, 0.3) is 5.57 Å². The van der Waals surface area contributed by atoms with Crippen LogP contribution in [-0.2, 0) is 0 Å². The molecule has 0 aliphatic carbocycles. The predicted octanol–water partition coefficient (Wildman–Crippen LogP) is 1.33. The maximum Gasteiger partial charge on any atom is 0.114 e. The first-order chi connectivity index (χ1) is 11.3. The first-order valence-corrected chi connectivity index (χ1v) is 7.93. The summed E-state index contributed by atoms with van der Waals surface area (Å²) in [4.78, 5) is 0. The van der Waals surface area contributed by atoms with Crippen LogP contribution in [0.3, 0.4) is 0 Å². The molecule has 0 spiro atoms. The van der Waals surface area contributed by atoms with Crippen molar-refractivity contribution in [3.05, 3.63) is 77.7 Å². The molecule has 3 aliphatic heterocycles. The zero-order valence-electron chi connectivity index (χ0n) is 12.9. The van der Waals surface area contributed by atoms with E-state index in [0.717, 1.165) is 18.7 Å². The maximum absolute atomic E-state index is 6.32. The van der Waals surface area contributed by atoms with Crippen LogP contribution in [0.1, 0.15) is 17.3 Å². The molecule has 0 aromatic heterocycles. The molecule has 1 aromatic carbocycles. The normalized spacial score (nSPS) is 26.7. The summed E-state index contributed by atoms with van der Waals surface area (Å²) < 4.78 is 0. The summed E-state index contributed by atoms with van der Waals surface area (Å²) in [5.41, 5.74) is 14.6. The third-order valence-corrected chi connectivity index (χ3v) is 4.35. The van der Waals surface area contributed by atoms with Crippen molar-refractivity contribution in [1.29, 1.82) is 0 Å². The Bertz CT molecular complexity index is 699. The van der Waals surface area contributed by atoms with E-state index in [4.69, 9.17) is 5.73 Å². The second-order valence-corrected chi connectivity index (χ2v) is 5.85. The highest BCUT2D eigenvalue weighted by molar-refractivity contribution is 5.74. The Hall–Kier alpha value is -2.34. The average Bonchev–Trinajstić information content (AvgIpc) is 3.43. The molecule has 3 aliphatic rings. The van der Waals surface area contributed by atoms with Gasteiger partial charge in [0.05, 0.1) is 6.17 Å². The molecule has 118 valence electrons. The minimum atomic E-state index is -0.118. The van der Waals surface area contributed by atoms with Crippen molar-refractivity contribution in [3.63, 3.8) is 0 Å². The lowest BCUT2D eigenvalue weighted by Gasteiger charge is -2.16. The molecule has 5 N–H and O–H groups in total. The minimum absolute atomic E-state index is 0.118. The highest BCUT2D eigenvalue weighted by Crippen LogP contribution is 2.32. The van der Waals surface area contributed by atoms with Gasteiger partial charge in [0.2, 0.25) is 0 Å². The number of allylic oxidation sites excluding steroid dienone is 2. The molecular formula is C18H21N5. The zero-order chi connectivity index (χ0) is 15.6. The van der Waals surface area contributed by atoms with E-state index < -0.39 is 0 Å². The summed E-state index contributed by atoms with van der Waals surface area (Å²) in [6.07, 6.45) is 12.5. The van der Waals surface area contributed by atoms with E-state index in [-0.39, 0.29) is 12.3 Å². The molecule has 23 heavy (non-hydrogen) atoms. The Morgan fingerprint density at radius 3 is 2.39 bits per heavy atom. The summed E-state index contributed by atoms with van der Waals surface area (Å²) in [5, 5.41) is 8.40. The van der Waals surface area contributed by atoms with Crippen molar-refractivity contribution >= 4 is 5.57 Å². The van der Waals surface area contributed by atoms with Crippen molar-refractivity contribution in [2.24, 2.45) is 5.73 Å². The molecule has 0 amide bonds.